The fraction of sp³-hybridized carbons (Fsp3) is 0.444. The van der Waals surface area contributed by atoms with Crippen LogP contribution >= 0.6 is 31.9 Å². The number of hydrogen-bond acceptors (Lipinski definition) is 4. The van der Waals surface area contributed by atoms with E-state index in [1.807, 2.05) is 0 Å². The summed E-state index contributed by atoms with van der Waals surface area (Å²) in [6.07, 6.45) is 3.45. The molecule has 7 heteroatoms. The Kier molecular flexibility index (Phi) is 3.88. The average Bonchev–Trinajstić information content (AvgIpc) is 2.75. The molecule has 16 heavy (non-hydrogen) atoms. The van der Waals surface area contributed by atoms with Crippen molar-refractivity contribution in [2.45, 2.75) is 18.9 Å². The number of rotatable bonds is 2. The lowest BCUT2D eigenvalue weighted by molar-refractivity contribution is -0.117. The van der Waals surface area contributed by atoms with E-state index in [1.165, 1.54) is 0 Å². The number of carbonyl (C=O) groups excluding carboxylic acids is 1. The summed E-state index contributed by atoms with van der Waals surface area (Å²) in [5.41, 5.74) is 0. The number of hydrogen-bond donors (Lipinski definition) is 2. The number of halogens is 2. The Hall–Kier alpha value is -0.530. The van der Waals surface area contributed by atoms with Gasteiger partial charge in [0.25, 0.3) is 0 Å². The lowest BCUT2D eigenvalue weighted by Crippen LogP contribution is -2.35. The summed E-state index contributed by atoms with van der Waals surface area (Å²) in [6, 6.07) is -0.114. The molecule has 0 unspecified atom stereocenters. The number of nitrogens with zero attached hydrogens (tertiary/aromatic N) is 2. The lowest BCUT2D eigenvalue weighted by atomic mass is 10.2. The van der Waals surface area contributed by atoms with E-state index < -0.39 is 0 Å². The van der Waals surface area contributed by atoms with Crippen LogP contribution in [0.5, 0.6) is 0 Å². The van der Waals surface area contributed by atoms with E-state index in [4.69, 9.17) is 0 Å². The van der Waals surface area contributed by atoms with Gasteiger partial charge < -0.3 is 10.6 Å². The molecule has 1 aliphatic heterocycles. The summed E-state index contributed by atoms with van der Waals surface area (Å²) in [5, 5.41) is 5.86. The van der Waals surface area contributed by atoms with Crippen LogP contribution in [0, 0.1) is 0 Å². The van der Waals surface area contributed by atoms with E-state index in [0.717, 1.165) is 19.4 Å². The third-order valence-corrected chi connectivity index (χ3v) is 3.25. The van der Waals surface area contributed by atoms with Gasteiger partial charge >= 0.3 is 0 Å². The molecule has 1 atom stereocenters. The van der Waals surface area contributed by atoms with Crippen LogP contribution in [0.1, 0.15) is 12.8 Å². The molecule has 0 spiro atoms. The van der Waals surface area contributed by atoms with Gasteiger partial charge in [-0.05, 0) is 51.2 Å². The molecule has 0 aliphatic carbocycles. The van der Waals surface area contributed by atoms with Crippen molar-refractivity contribution in [2.24, 2.45) is 0 Å². The van der Waals surface area contributed by atoms with Gasteiger partial charge in [-0.3, -0.25) is 4.79 Å². The zero-order valence-corrected chi connectivity index (χ0v) is 11.5. The minimum atomic E-state index is -0.114. The van der Waals surface area contributed by atoms with Crippen molar-refractivity contribution in [1.82, 2.24) is 15.3 Å². The first-order valence-corrected chi connectivity index (χ1v) is 6.47. The van der Waals surface area contributed by atoms with Crippen molar-refractivity contribution >= 4 is 43.6 Å². The van der Waals surface area contributed by atoms with Gasteiger partial charge in [0.2, 0.25) is 5.91 Å². The predicted molar refractivity (Wildman–Crippen MR) is 67.1 cm³/mol. The van der Waals surface area contributed by atoms with Gasteiger partial charge in [-0.1, -0.05) is 0 Å². The van der Waals surface area contributed by atoms with E-state index in [9.17, 15) is 4.79 Å². The molecule has 1 fully saturated rings. The molecule has 2 rings (SSSR count). The summed E-state index contributed by atoms with van der Waals surface area (Å²) in [5.74, 6) is 0.386. The summed E-state index contributed by atoms with van der Waals surface area (Å²) < 4.78 is 1.14. The second-order valence-corrected chi connectivity index (χ2v) is 5.03. The minimum Gasteiger partial charge on any atom is -0.307 e. The summed E-state index contributed by atoms with van der Waals surface area (Å²) in [6.45, 7) is 0.894. The Labute approximate surface area is 110 Å². The van der Waals surface area contributed by atoms with E-state index in [2.05, 4.69) is 52.5 Å². The van der Waals surface area contributed by atoms with Crippen LogP contribution < -0.4 is 10.6 Å². The molecule has 0 radical (unpaired) electrons. The lowest BCUT2D eigenvalue weighted by Gasteiger charge is -2.10. The normalized spacial score (nSPS) is 19.8. The highest BCUT2D eigenvalue weighted by Crippen LogP contribution is 2.20. The molecule has 2 heterocycles. The van der Waals surface area contributed by atoms with Gasteiger partial charge in [0, 0.05) is 0 Å². The van der Waals surface area contributed by atoms with Gasteiger partial charge in [-0.2, -0.15) is 0 Å². The van der Waals surface area contributed by atoms with E-state index in [0.29, 0.717) is 15.0 Å². The molecule has 2 N–H and O–H groups in total. The van der Waals surface area contributed by atoms with Crippen molar-refractivity contribution < 1.29 is 4.79 Å². The number of carbonyl (C=O) groups is 1. The fourth-order valence-electron chi connectivity index (χ4n) is 1.54. The molecular weight excluding hydrogens is 340 g/mol. The fourth-order valence-corrected chi connectivity index (χ4v) is 2.45. The molecule has 1 aliphatic rings. The number of amides is 1. The first-order chi connectivity index (χ1) is 7.66. The standard InChI is InChI=1S/C9H10Br2N4O/c10-6-4-13-8(7(11)14-6)15-9(16)5-2-1-3-12-5/h4-5,12H,1-3H2,(H,13,15,16)/t5-/m1/s1. The zero-order chi connectivity index (χ0) is 11.5. The monoisotopic (exact) mass is 348 g/mol. The zero-order valence-electron chi connectivity index (χ0n) is 8.33. The third kappa shape index (κ3) is 2.78. The number of aromatic nitrogens is 2. The van der Waals surface area contributed by atoms with Gasteiger partial charge in [-0.25, -0.2) is 9.97 Å². The molecule has 0 bridgehead atoms. The Morgan fingerprint density at radius 3 is 3.00 bits per heavy atom. The van der Waals surface area contributed by atoms with Crippen LogP contribution in [-0.4, -0.2) is 28.5 Å². The molecule has 1 aromatic heterocycles. The number of nitrogens with one attached hydrogen (secondary N) is 2. The van der Waals surface area contributed by atoms with Crippen LogP contribution in [0.4, 0.5) is 5.82 Å². The van der Waals surface area contributed by atoms with Crippen LogP contribution in [0.3, 0.4) is 0 Å². The first-order valence-electron chi connectivity index (χ1n) is 4.89. The Bertz CT molecular complexity index is 406. The molecule has 1 aromatic rings. The van der Waals surface area contributed by atoms with Gasteiger partial charge in [0.05, 0.1) is 12.2 Å². The largest absolute Gasteiger partial charge is 0.307 e. The highest BCUT2D eigenvalue weighted by Gasteiger charge is 2.22. The minimum absolute atomic E-state index is 0.0603. The summed E-state index contributed by atoms with van der Waals surface area (Å²) in [4.78, 5) is 19.9. The van der Waals surface area contributed by atoms with Crippen molar-refractivity contribution in [2.75, 3.05) is 11.9 Å². The molecule has 0 aromatic carbocycles. The third-order valence-electron chi connectivity index (χ3n) is 2.32. The first kappa shape index (κ1) is 11.9. The second kappa shape index (κ2) is 5.20. The maximum atomic E-state index is 11.8. The van der Waals surface area contributed by atoms with E-state index >= 15 is 0 Å². The quantitative estimate of drug-likeness (QED) is 0.852. The van der Waals surface area contributed by atoms with E-state index in [-0.39, 0.29) is 11.9 Å². The second-order valence-electron chi connectivity index (χ2n) is 3.47. The summed E-state index contributed by atoms with van der Waals surface area (Å²) >= 11 is 6.45. The molecular formula is C9H10Br2N4O. The predicted octanol–water partition coefficient (Wildman–Crippen LogP) is 1.69. The maximum absolute atomic E-state index is 11.8. The Morgan fingerprint density at radius 1 is 1.56 bits per heavy atom. The number of anilines is 1. The van der Waals surface area contributed by atoms with Crippen molar-refractivity contribution in [3.8, 4) is 0 Å². The maximum Gasteiger partial charge on any atom is 0.242 e. The van der Waals surface area contributed by atoms with Gasteiger partial charge in [0.1, 0.15) is 9.21 Å². The van der Waals surface area contributed by atoms with Gasteiger partial charge in [-0.15, -0.1) is 0 Å². The van der Waals surface area contributed by atoms with Crippen LogP contribution in [0.25, 0.3) is 0 Å². The SMILES string of the molecule is O=C(Nc1ncc(Br)nc1Br)[C@H]1CCCN1. The van der Waals surface area contributed by atoms with Crippen molar-refractivity contribution in [3.05, 3.63) is 15.4 Å². The Morgan fingerprint density at radius 2 is 2.38 bits per heavy atom. The van der Waals surface area contributed by atoms with Crippen molar-refractivity contribution in [1.29, 1.82) is 0 Å². The summed E-state index contributed by atoms with van der Waals surface area (Å²) in [7, 11) is 0. The average molecular weight is 350 g/mol. The van der Waals surface area contributed by atoms with Crippen LogP contribution in [0.15, 0.2) is 15.4 Å². The topological polar surface area (TPSA) is 66.9 Å². The van der Waals surface area contributed by atoms with Gasteiger partial charge in [0.15, 0.2) is 5.82 Å². The molecule has 1 saturated heterocycles. The van der Waals surface area contributed by atoms with Crippen LogP contribution in [-0.2, 0) is 4.79 Å². The Balaban J connectivity index is 2.05. The van der Waals surface area contributed by atoms with Crippen LogP contribution in [0.2, 0.25) is 0 Å². The highest BCUT2D eigenvalue weighted by atomic mass is 79.9. The molecule has 86 valence electrons. The molecule has 5 nitrogen and oxygen atoms in total. The smallest absolute Gasteiger partial charge is 0.242 e. The molecule has 1 amide bonds. The van der Waals surface area contributed by atoms with E-state index in [1.54, 1.807) is 6.20 Å². The van der Waals surface area contributed by atoms with Crippen molar-refractivity contribution in [3.63, 3.8) is 0 Å². The highest BCUT2D eigenvalue weighted by molar-refractivity contribution is 9.11. The molecule has 0 saturated carbocycles.